The van der Waals surface area contributed by atoms with Crippen molar-refractivity contribution in [3.63, 3.8) is 0 Å². The summed E-state index contributed by atoms with van der Waals surface area (Å²) in [6.07, 6.45) is 5.18. The molecule has 1 aliphatic carbocycles. The molecule has 1 nitrogen and oxygen atoms in total. The first-order valence-corrected chi connectivity index (χ1v) is 5.23. The molecule has 0 aromatic heterocycles. The van der Waals surface area contributed by atoms with Gasteiger partial charge in [-0.1, -0.05) is 32.4 Å². The Morgan fingerprint density at radius 3 is 2.31 bits per heavy atom. The molecule has 1 rings (SSSR count). The minimum atomic E-state index is 0.809. The maximum atomic E-state index is 7.00. The van der Waals surface area contributed by atoms with E-state index in [9.17, 15) is 0 Å². The summed E-state index contributed by atoms with van der Waals surface area (Å²) in [6.45, 7) is 9.30. The zero-order valence-electron chi connectivity index (χ0n) is 9.67. The van der Waals surface area contributed by atoms with Gasteiger partial charge in [0.2, 0.25) is 0 Å². The summed E-state index contributed by atoms with van der Waals surface area (Å²) in [5.74, 6) is 2.59. The van der Waals surface area contributed by atoms with E-state index in [1.54, 1.807) is 5.57 Å². The van der Waals surface area contributed by atoms with Crippen LogP contribution in [0.5, 0.6) is 0 Å². The fraction of sp³-hybridized carbons (Fsp3) is 0.833. The molecule has 0 fully saturated rings. The van der Waals surface area contributed by atoms with E-state index in [4.69, 9.17) is 5.11 Å². The highest BCUT2D eigenvalue weighted by molar-refractivity contribution is 5.06. The van der Waals surface area contributed by atoms with Gasteiger partial charge in [-0.2, -0.15) is 0 Å². The van der Waals surface area contributed by atoms with E-state index in [1.165, 1.54) is 12.8 Å². The standard InChI is InChI=1S/C11H20.CH4O/c1-8(2)11-6-5-9(3)7-10(11)4;1-2/h7-8,10-11H,5-6H2,1-4H3;2H,1H3. The first kappa shape index (κ1) is 12.7. The molecule has 0 saturated heterocycles. The highest BCUT2D eigenvalue weighted by Gasteiger charge is 2.22. The van der Waals surface area contributed by atoms with Crippen LogP contribution in [0.1, 0.15) is 40.5 Å². The minimum absolute atomic E-state index is 0.809. The number of hydrogen-bond acceptors (Lipinski definition) is 1. The Balaban J connectivity index is 0.000000671. The van der Waals surface area contributed by atoms with Crippen molar-refractivity contribution >= 4 is 0 Å². The molecule has 0 bridgehead atoms. The molecule has 1 heteroatoms. The first-order valence-electron chi connectivity index (χ1n) is 5.23. The quantitative estimate of drug-likeness (QED) is 0.620. The second-order valence-electron chi connectivity index (χ2n) is 4.32. The number of hydrogen-bond donors (Lipinski definition) is 1. The largest absolute Gasteiger partial charge is 0.400 e. The topological polar surface area (TPSA) is 20.2 Å². The van der Waals surface area contributed by atoms with Crippen LogP contribution in [0.4, 0.5) is 0 Å². The fourth-order valence-corrected chi connectivity index (χ4v) is 2.25. The van der Waals surface area contributed by atoms with Crippen molar-refractivity contribution in [3.8, 4) is 0 Å². The summed E-state index contributed by atoms with van der Waals surface area (Å²) >= 11 is 0. The average Bonchev–Trinajstić information content (AvgIpc) is 2.07. The highest BCUT2D eigenvalue weighted by Crippen LogP contribution is 2.33. The minimum Gasteiger partial charge on any atom is -0.400 e. The van der Waals surface area contributed by atoms with Gasteiger partial charge in [-0.3, -0.25) is 0 Å². The van der Waals surface area contributed by atoms with Crippen LogP contribution < -0.4 is 0 Å². The maximum Gasteiger partial charge on any atom is 0.0319 e. The van der Waals surface area contributed by atoms with Gasteiger partial charge in [-0.05, 0) is 37.5 Å². The maximum absolute atomic E-state index is 7.00. The summed E-state index contributed by atoms with van der Waals surface area (Å²) in [5.41, 5.74) is 1.59. The SMILES string of the molecule is CC1=CC(C)C(C(C)C)CC1.CO. The Kier molecular flexibility index (Phi) is 6.06. The number of aliphatic hydroxyl groups excluding tert-OH is 1. The zero-order valence-corrected chi connectivity index (χ0v) is 9.67. The molecule has 0 radical (unpaired) electrons. The van der Waals surface area contributed by atoms with Gasteiger partial charge in [-0.25, -0.2) is 0 Å². The van der Waals surface area contributed by atoms with Crippen LogP contribution in [-0.4, -0.2) is 12.2 Å². The molecule has 0 spiro atoms. The fourth-order valence-electron chi connectivity index (χ4n) is 2.25. The molecule has 1 N–H and O–H groups in total. The Labute approximate surface area is 82.9 Å². The van der Waals surface area contributed by atoms with Gasteiger partial charge in [0.1, 0.15) is 0 Å². The van der Waals surface area contributed by atoms with Gasteiger partial charge in [0, 0.05) is 7.11 Å². The van der Waals surface area contributed by atoms with Crippen molar-refractivity contribution in [1.82, 2.24) is 0 Å². The molecule has 0 saturated carbocycles. The molecule has 1 aliphatic rings. The van der Waals surface area contributed by atoms with Gasteiger partial charge in [0.05, 0.1) is 0 Å². The molecular weight excluding hydrogens is 160 g/mol. The number of allylic oxidation sites excluding steroid dienone is 2. The van der Waals surface area contributed by atoms with Crippen molar-refractivity contribution in [1.29, 1.82) is 0 Å². The summed E-state index contributed by atoms with van der Waals surface area (Å²) in [5, 5.41) is 7.00. The lowest BCUT2D eigenvalue weighted by molar-refractivity contribution is 0.278. The van der Waals surface area contributed by atoms with E-state index in [0.29, 0.717) is 0 Å². The second-order valence-corrected chi connectivity index (χ2v) is 4.32. The molecule has 0 aromatic rings. The van der Waals surface area contributed by atoms with Gasteiger partial charge in [0.15, 0.2) is 0 Å². The van der Waals surface area contributed by atoms with Crippen molar-refractivity contribution in [2.45, 2.75) is 40.5 Å². The summed E-state index contributed by atoms with van der Waals surface area (Å²) < 4.78 is 0. The Hall–Kier alpha value is -0.300. The monoisotopic (exact) mass is 184 g/mol. The summed E-state index contributed by atoms with van der Waals surface area (Å²) in [6, 6.07) is 0. The third kappa shape index (κ3) is 3.95. The van der Waals surface area contributed by atoms with Crippen LogP contribution in [0.25, 0.3) is 0 Å². The molecule has 0 heterocycles. The van der Waals surface area contributed by atoms with Crippen molar-refractivity contribution in [3.05, 3.63) is 11.6 Å². The third-order valence-electron chi connectivity index (χ3n) is 2.95. The lowest BCUT2D eigenvalue weighted by Crippen LogP contribution is -2.19. The van der Waals surface area contributed by atoms with Gasteiger partial charge in [-0.15, -0.1) is 0 Å². The van der Waals surface area contributed by atoms with Crippen LogP contribution in [0.15, 0.2) is 11.6 Å². The predicted molar refractivity (Wildman–Crippen MR) is 58.6 cm³/mol. The molecular formula is C12H24O. The lowest BCUT2D eigenvalue weighted by Gasteiger charge is -2.29. The highest BCUT2D eigenvalue weighted by atomic mass is 16.2. The van der Waals surface area contributed by atoms with Crippen LogP contribution in [0.3, 0.4) is 0 Å². The predicted octanol–water partition coefficient (Wildman–Crippen LogP) is 3.24. The average molecular weight is 184 g/mol. The van der Waals surface area contributed by atoms with E-state index < -0.39 is 0 Å². The molecule has 13 heavy (non-hydrogen) atoms. The molecule has 2 unspecified atom stereocenters. The van der Waals surface area contributed by atoms with E-state index in [2.05, 4.69) is 33.8 Å². The number of rotatable bonds is 1. The van der Waals surface area contributed by atoms with Gasteiger partial charge < -0.3 is 5.11 Å². The van der Waals surface area contributed by atoms with Crippen LogP contribution >= 0.6 is 0 Å². The van der Waals surface area contributed by atoms with E-state index >= 15 is 0 Å². The zero-order chi connectivity index (χ0) is 10.4. The Morgan fingerprint density at radius 2 is 1.92 bits per heavy atom. The van der Waals surface area contributed by atoms with Crippen molar-refractivity contribution < 1.29 is 5.11 Å². The molecule has 0 amide bonds. The van der Waals surface area contributed by atoms with Gasteiger partial charge in [0.25, 0.3) is 0 Å². The molecule has 2 atom stereocenters. The second kappa shape index (κ2) is 6.20. The van der Waals surface area contributed by atoms with E-state index in [-0.39, 0.29) is 0 Å². The van der Waals surface area contributed by atoms with Gasteiger partial charge >= 0.3 is 0 Å². The van der Waals surface area contributed by atoms with E-state index in [0.717, 1.165) is 24.9 Å². The first-order chi connectivity index (χ1) is 6.11. The Bertz CT molecular complexity index is 159. The van der Waals surface area contributed by atoms with E-state index in [1.807, 2.05) is 0 Å². The summed E-state index contributed by atoms with van der Waals surface area (Å²) in [7, 11) is 1.00. The van der Waals surface area contributed by atoms with Crippen LogP contribution in [-0.2, 0) is 0 Å². The van der Waals surface area contributed by atoms with Crippen molar-refractivity contribution in [2.75, 3.05) is 7.11 Å². The summed E-state index contributed by atoms with van der Waals surface area (Å²) in [4.78, 5) is 0. The van der Waals surface area contributed by atoms with Crippen LogP contribution in [0.2, 0.25) is 0 Å². The van der Waals surface area contributed by atoms with Crippen LogP contribution in [0, 0.1) is 17.8 Å². The molecule has 78 valence electrons. The number of aliphatic hydroxyl groups is 1. The Morgan fingerprint density at radius 1 is 1.38 bits per heavy atom. The molecule has 0 aromatic carbocycles. The molecule has 0 aliphatic heterocycles. The third-order valence-corrected chi connectivity index (χ3v) is 2.95. The normalized spacial score (nSPS) is 27.8. The lowest BCUT2D eigenvalue weighted by atomic mass is 9.76. The van der Waals surface area contributed by atoms with Crippen molar-refractivity contribution in [2.24, 2.45) is 17.8 Å². The smallest absolute Gasteiger partial charge is 0.0319 e.